The maximum Gasteiger partial charge on any atom is 0.247 e. The molecule has 0 saturated carbocycles. The summed E-state index contributed by atoms with van der Waals surface area (Å²) in [5.74, 6) is 1.29. The van der Waals surface area contributed by atoms with Gasteiger partial charge < -0.3 is 10.2 Å². The Hall–Kier alpha value is -1.47. The van der Waals surface area contributed by atoms with E-state index in [0.29, 0.717) is 22.7 Å². The summed E-state index contributed by atoms with van der Waals surface area (Å²) in [4.78, 5) is 26.7. The van der Waals surface area contributed by atoms with E-state index in [-0.39, 0.29) is 17.9 Å². The van der Waals surface area contributed by atoms with Crippen LogP contribution in [0.15, 0.2) is 6.08 Å². The standard InChI is InChI=1S/C19H29ClN4O2S/c1-6-13(4)21-19(26)16-10-27-11-23(16)17(25)8-7-15-14(5)22-24(18(15)20)9-12(2)3/h7-8,12-13,16H,6,9-11H2,1-5H3,(H,21,26). The minimum atomic E-state index is -0.429. The molecule has 1 aliphatic rings. The maximum absolute atomic E-state index is 12.7. The van der Waals surface area contributed by atoms with Crippen molar-refractivity contribution in [1.29, 1.82) is 0 Å². The topological polar surface area (TPSA) is 67.2 Å². The van der Waals surface area contributed by atoms with Gasteiger partial charge in [0.25, 0.3) is 0 Å². The van der Waals surface area contributed by atoms with Gasteiger partial charge in [0, 0.05) is 30.0 Å². The van der Waals surface area contributed by atoms with Crippen molar-refractivity contribution in [2.24, 2.45) is 5.92 Å². The van der Waals surface area contributed by atoms with Crippen molar-refractivity contribution in [3.8, 4) is 0 Å². The second-order valence-electron chi connectivity index (χ2n) is 7.34. The normalized spacial score (nSPS) is 18.5. The Morgan fingerprint density at radius 3 is 2.74 bits per heavy atom. The van der Waals surface area contributed by atoms with E-state index in [1.54, 1.807) is 27.4 Å². The number of hydrogen-bond acceptors (Lipinski definition) is 4. The Morgan fingerprint density at radius 1 is 1.41 bits per heavy atom. The Kier molecular flexibility index (Phi) is 7.79. The van der Waals surface area contributed by atoms with Crippen LogP contribution in [-0.2, 0) is 16.1 Å². The van der Waals surface area contributed by atoms with Gasteiger partial charge in [0.05, 0.1) is 11.6 Å². The zero-order valence-electron chi connectivity index (χ0n) is 16.7. The highest BCUT2D eigenvalue weighted by Gasteiger charge is 2.34. The Morgan fingerprint density at radius 2 is 2.11 bits per heavy atom. The summed E-state index contributed by atoms with van der Waals surface area (Å²) in [7, 11) is 0. The van der Waals surface area contributed by atoms with Crippen LogP contribution in [0.1, 0.15) is 45.4 Å². The molecule has 2 atom stereocenters. The number of rotatable bonds is 7. The zero-order valence-corrected chi connectivity index (χ0v) is 18.2. The molecule has 0 radical (unpaired) electrons. The fourth-order valence-electron chi connectivity index (χ4n) is 2.79. The number of carbonyl (C=O) groups excluding carboxylic acids is 2. The van der Waals surface area contributed by atoms with Gasteiger partial charge in [-0.3, -0.25) is 14.3 Å². The van der Waals surface area contributed by atoms with Crippen molar-refractivity contribution in [3.63, 3.8) is 0 Å². The van der Waals surface area contributed by atoms with Crippen LogP contribution in [0, 0.1) is 12.8 Å². The molecule has 6 nitrogen and oxygen atoms in total. The quantitative estimate of drug-likeness (QED) is 0.697. The van der Waals surface area contributed by atoms with Crippen molar-refractivity contribution in [1.82, 2.24) is 20.0 Å². The Labute approximate surface area is 170 Å². The summed E-state index contributed by atoms with van der Waals surface area (Å²) in [6, 6.07) is -0.328. The van der Waals surface area contributed by atoms with Gasteiger partial charge >= 0.3 is 0 Å². The lowest BCUT2D eigenvalue weighted by molar-refractivity contribution is -0.135. The third kappa shape index (κ3) is 5.51. The summed E-state index contributed by atoms with van der Waals surface area (Å²) < 4.78 is 1.76. The van der Waals surface area contributed by atoms with Gasteiger partial charge in [0.2, 0.25) is 11.8 Å². The summed E-state index contributed by atoms with van der Waals surface area (Å²) >= 11 is 8.01. The van der Waals surface area contributed by atoms with Gasteiger partial charge in [-0.1, -0.05) is 32.4 Å². The lowest BCUT2D eigenvalue weighted by atomic mass is 10.2. The molecule has 2 unspecified atom stereocenters. The molecule has 0 spiro atoms. The van der Waals surface area contributed by atoms with E-state index >= 15 is 0 Å². The van der Waals surface area contributed by atoms with Crippen LogP contribution in [0.5, 0.6) is 0 Å². The molecule has 0 aromatic carbocycles. The van der Waals surface area contributed by atoms with Gasteiger partial charge in [-0.2, -0.15) is 5.10 Å². The number of aryl methyl sites for hydroxylation is 1. The average molecular weight is 413 g/mol. The molecule has 2 heterocycles. The van der Waals surface area contributed by atoms with E-state index in [1.165, 1.54) is 6.08 Å². The number of aromatic nitrogens is 2. The van der Waals surface area contributed by atoms with Gasteiger partial charge in [0.15, 0.2) is 0 Å². The highest BCUT2D eigenvalue weighted by molar-refractivity contribution is 7.99. The third-order valence-corrected chi connectivity index (χ3v) is 5.92. The first-order chi connectivity index (χ1) is 12.7. The summed E-state index contributed by atoms with van der Waals surface area (Å²) in [6.07, 6.45) is 4.05. The fourth-order valence-corrected chi connectivity index (χ4v) is 4.26. The molecule has 27 heavy (non-hydrogen) atoms. The molecule has 1 aromatic heterocycles. The Balaban J connectivity index is 2.10. The molecule has 1 saturated heterocycles. The van der Waals surface area contributed by atoms with Crippen molar-refractivity contribution in [3.05, 3.63) is 22.5 Å². The first kappa shape index (κ1) is 21.8. The smallest absolute Gasteiger partial charge is 0.247 e. The second kappa shape index (κ2) is 9.64. The van der Waals surface area contributed by atoms with E-state index in [4.69, 9.17) is 11.6 Å². The van der Waals surface area contributed by atoms with Gasteiger partial charge in [-0.05, 0) is 32.3 Å². The largest absolute Gasteiger partial charge is 0.352 e. The van der Waals surface area contributed by atoms with Crippen LogP contribution < -0.4 is 5.32 Å². The van der Waals surface area contributed by atoms with Crippen LogP contribution >= 0.6 is 23.4 Å². The predicted molar refractivity (Wildman–Crippen MR) is 112 cm³/mol. The average Bonchev–Trinajstić information content (AvgIpc) is 3.18. The molecular formula is C19H29ClN4O2S. The number of hydrogen-bond donors (Lipinski definition) is 1. The highest BCUT2D eigenvalue weighted by atomic mass is 35.5. The molecule has 0 bridgehead atoms. The van der Waals surface area contributed by atoms with Gasteiger partial charge in [-0.15, -0.1) is 11.8 Å². The number of nitrogens with zero attached hydrogens (tertiary/aromatic N) is 3. The van der Waals surface area contributed by atoms with Gasteiger partial charge in [0.1, 0.15) is 11.2 Å². The monoisotopic (exact) mass is 412 g/mol. The molecule has 1 fully saturated rings. The van der Waals surface area contributed by atoms with E-state index in [9.17, 15) is 9.59 Å². The van der Waals surface area contributed by atoms with Crippen LogP contribution in [0.3, 0.4) is 0 Å². The summed E-state index contributed by atoms with van der Waals surface area (Å²) in [5, 5.41) is 7.95. The van der Waals surface area contributed by atoms with Crippen LogP contribution in [0.4, 0.5) is 0 Å². The Bertz CT molecular complexity index is 717. The van der Waals surface area contributed by atoms with Crippen molar-refractivity contribution in [2.75, 3.05) is 11.6 Å². The molecule has 0 aliphatic carbocycles. The summed E-state index contributed by atoms with van der Waals surface area (Å²) in [5.41, 5.74) is 1.53. The number of carbonyl (C=O) groups is 2. The number of amides is 2. The van der Waals surface area contributed by atoms with E-state index in [0.717, 1.165) is 24.2 Å². The van der Waals surface area contributed by atoms with E-state index in [2.05, 4.69) is 24.3 Å². The van der Waals surface area contributed by atoms with E-state index in [1.807, 2.05) is 20.8 Å². The molecule has 1 aromatic rings. The SMILES string of the molecule is CCC(C)NC(=O)C1CSCN1C(=O)C=Cc1c(C)nn(CC(C)C)c1Cl. The minimum Gasteiger partial charge on any atom is -0.352 e. The molecule has 1 N–H and O–H groups in total. The van der Waals surface area contributed by atoms with Crippen LogP contribution in [-0.4, -0.2) is 50.2 Å². The number of nitrogens with one attached hydrogen (secondary N) is 1. The third-order valence-electron chi connectivity index (χ3n) is 4.51. The van der Waals surface area contributed by atoms with Gasteiger partial charge in [-0.25, -0.2) is 0 Å². The van der Waals surface area contributed by atoms with Crippen molar-refractivity contribution < 1.29 is 9.59 Å². The lowest BCUT2D eigenvalue weighted by Gasteiger charge is -2.23. The maximum atomic E-state index is 12.7. The van der Waals surface area contributed by atoms with Crippen molar-refractivity contribution in [2.45, 2.75) is 59.7 Å². The van der Waals surface area contributed by atoms with Crippen molar-refractivity contribution >= 4 is 41.3 Å². The highest BCUT2D eigenvalue weighted by Crippen LogP contribution is 2.24. The summed E-state index contributed by atoms with van der Waals surface area (Å²) in [6.45, 7) is 10.8. The van der Waals surface area contributed by atoms with Crippen LogP contribution in [0.2, 0.25) is 5.15 Å². The van der Waals surface area contributed by atoms with E-state index < -0.39 is 6.04 Å². The molecule has 8 heteroatoms. The van der Waals surface area contributed by atoms with Crippen LogP contribution in [0.25, 0.3) is 6.08 Å². The molecule has 1 aliphatic heterocycles. The lowest BCUT2D eigenvalue weighted by Crippen LogP contribution is -2.48. The first-order valence-corrected chi connectivity index (χ1v) is 10.9. The second-order valence-corrected chi connectivity index (χ2v) is 8.70. The number of halogens is 1. The predicted octanol–water partition coefficient (Wildman–Crippen LogP) is 3.33. The molecular weight excluding hydrogens is 384 g/mol. The zero-order chi connectivity index (χ0) is 20.1. The molecule has 2 amide bonds. The molecule has 2 rings (SSSR count). The molecule has 150 valence electrons. The minimum absolute atomic E-state index is 0.0879. The first-order valence-electron chi connectivity index (χ1n) is 9.34. The number of thioether (sulfide) groups is 1. The fraction of sp³-hybridized carbons (Fsp3) is 0.632.